The summed E-state index contributed by atoms with van der Waals surface area (Å²) >= 11 is 2.24. The van der Waals surface area contributed by atoms with E-state index in [0.29, 0.717) is 6.04 Å². The van der Waals surface area contributed by atoms with Crippen LogP contribution in [0, 0.1) is 3.57 Å². The van der Waals surface area contributed by atoms with Gasteiger partial charge in [0.2, 0.25) is 0 Å². The maximum absolute atomic E-state index is 4.31. The molecule has 0 spiro atoms. The van der Waals surface area contributed by atoms with Crippen LogP contribution in [0.4, 0.5) is 0 Å². The highest BCUT2D eigenvalue weighted by Crippen LogP contribution is 2.20. The second-order valence-electron chi connectivity index (χ2n) is 4.13. The minimum Gasteiger partial charge on any atom is -0.310 e. The topological polar surface area (TPSA) is 55.6 Å². The van der Waals surface area contributed by atoms with Gasteiger partial charge in [-0.25, -0.2) is 14.6 Å². The van der Waals surface area contributed by atoms with Crippen molar-refractivity contribution in [1.29, 1.82) is 0 Å². The van der Waals surface area contributed by atoms with Gasteiger partial charge in [-0.15, -0.1) is 0 Å². The first-order valence-electron chi connectivity index (χ1n) is 5.56. The molecule has 1 saturated carbocycles. The SMILES string of the molecule is Ic1cnn(-c2ncncc2CNC2CC2)c1. The zero-order chi connectivity index (χ0) is 11.7. The Kier molecular flexibility index (Phi) is 3.06. The fraction of sp³-hybridized carbons (Fsp3) is 0.364. The predicted molar refractivity (Wildman–Crippen MR) is 71.7 cm³/mol. The number of nitrogens with one attached hydrogen (secondary N) is 1. The van der Waals surface area contributed by atoms with Gasteiger partial charge >= 0.3 is 0 Å². The lowest BCUT2D eigenvalue weighted by molar-refractivity contribution is 0.673. The summed E-state index contributed by atoms with van der Waals surface area (Å²) < 4.78 is 2.90. The largest absolute Gasteiger partial charge is 0.310 e. The number of hydrogen-bond acceptors (Lipinski definition) is 4. The fourth-order valence-corrected chi connectivity index (χ4v) is 2.03. The summed E-state index contributed by atoms with van der Waals surface area (Å²) in [4.78, 5) is 8.39. The second kappa shape index (κ2) is 4.69. The summed E-state index contributed by atoms with van der Waals surface area (Å²) in [5.74, 6) is 0.857. The normalized spacial score (nSPS) is 15.1. The molecule has 0 aliphatic heterocycles. The van der Waals surface area contributed by atoms with E-state index in [9.17, 15) is 0 Å². The molecule has 0 atom stereocenters. The molecule has 1 fully saturated rings. The summed E-state index contributed by atoms with van der Waals surface area (Å²) in [6.45, 7) is 0.803. The summed E-state index contributed by atoms with van der Waals surface area (Å²) in [6.07, 6.45) is 9.76. The van der Waals surface area contributed by atoms with Gasteiger partial charge in [0.05, 0.1) is 9.77 Å². The third-order valence-electron chi connectivity index (χ3n) is 2.69. The van der Waals surface area contributed by atoms with Crippen molar-refractivity contribution in [3.63, 3.8) is 0 Å². The van der Waals surface area contributed by atoms with E-state index in [1.165, 1.54) is 12.8 Å². The van der Waals surface area contributed by atoms with E-state index in [2.05, 4.69) is 43.0 Å². The van der Waals surface area contributed by atoms with Gasteiger partial charge < -0.3 is 5.32 Å². The number of halogens is 1. The molecule has 3 rings (SSSR count). The van der Waals surface area contributed by atoms with Crippen molar-refractivity contribution in [3.05, 3.63) is 34.1 Å². The lowest BCUT2D eigenvalue weighted by atomic mass is 10.3. The first kappa shape index (κ1) is 11.1. The van der Waals surface area contributed by atoms with Gasteiger partial charge in [-0.1, -0.05) is 0 Å². The van der Waals surface area contributed by atoms with Crippen LogP contribution in [0.2, 0.25) is 0 Å². The number of aromatic nitrogens is 4. The molecule has 1 aliphatic carbocycles. The van der Waals surface area contributed by atoms with Crippen LogP contribution >= 0.6 is 22.6 Å². The molecule has 2 aromatic rings. The molecule has 6 heteroatoms. The molecular formula is C11H12IN5. The molecule has 2 aromatic heterocycles. The van der Waals surface area contributed by atoms with Crippen LogP contribution in [0.1, 0.15) is 18.4 Å². The first-order chi connectivity index (χ1) is 8.33. The van der Waals surface area contributed by atoms with E-state index in [-0.39, 0.29) is 0 Å². The highest BCUT2D eigenvalue weighted by atomic mass is 127. The third-order valence-corrected chi connectivity index (χ3v) is 3.25. The highest BCUT2D eigenvalue weighted by Gasteiger charge is 2.20. The van der Waals surface area contributed by atoms with Crippen LogP contribution in [-0.4, -0.2) is 25.8 Å². The van der Waals surface area contributed by atoms with E-state index < -0.39 is 0 Å². The van der Waals surface area contributed by atoms with Gasteiger partial charge in [-0.2, -0.15) is 5.10 Å². The van der Waals surface area contributed by atoms with E-state index in [1.807, 2.05) is 18.6 Å². The molecule has 0 amide bonds. The van der Waals surface area contributed by atoms with Crippen molar-refractivity contribution in [3.8, 4) is 5.82 Å². The van der Waals surface area contributed by atoms with Gasteiger partial charge in [-0.05, 0) is 35.4 Å². The Bertz CT molecular complexity index is 520. The smallest absolute Gasteiger partial charge is 0.161 e. The van der Waals surface area contributed by atoms with E-state index in [1.54, 1.807) is 11.0 Å². The average Bonchev–Trinajstić information content (AvgIpc) is 3.08. The van der Waals surface area contributed by atoms with Gasteiger partial charge in [0.25, 0.3) is 0 Å². The average molecular weight is 341 g/mol. The molecule has 5 nitrogen and oxygen atoms in total. The van der Waals surface area contributed by atoms with Gasteiger partial charge in [0.15, 0.2) is 5.82 Å². The summed E-state index contributed by atoms with van der Waals surface area (Å²) in [6, 6.07) is 0.681. The van der Waals surface area contributed by atoms with Crippen LogP contribution in [0.25, 0.3) is 5.82 Å². The molecule has 0 unspecified atom stereocenters. The Balaban J connectivity index is 1.86. The Hall–Kier alpha value is -1.02. The summed E-state index contributed by atoms with van der Waals surface area (Å²) in [5.41, 5.74) is 1.08. The van der Waals surface area contributed by atoms with Crippen LogP contribution in [-0.2, 0) is 6.54 Å². The lowest BCUT2D eigenvalue weighted by Gasteiger charge is -2.08. The van der Waals surface area contributed by atoms with Crippen LogP contribution < -0.4 is 5.32 Å². The Morgan fingerprint density at radius 2 is 2.29 bits per heavy atom. The Labute approximate surface area is 113 Å². The van der Waals surface area contributed by atoms with Crippen molar-refractivity contribution in [2.24, 2.45) is 0 Å². The quantitative estimate of drug-likeness (QED) is 0.857. The predicted octanol–water partition coefficient (Wildman–Crippen LogP) is 1.52. The second-order valence-corrected chi connectivity index (χ2v) is 5.38. The Morgan fingerprint density at radius 3 is 3.00 bits per heavy atom. The van der Waals surface area contributed by atoms with E-state index >= 15 is 0 Å². The van der Waals surface area contributed by atoms with Crippen molar-refractivity contribution < 1.29 is 0 Å². The monoisotopic (exact) mass is 341 g/mol. The van der Waals surface area contributed by atoms with Crippen LogP contribution in [0.15, 0.2) is 24.9 Å². The molecule has 17 heavy (non-hydrogen) atoms. The van der Waals surface area contributed by atoms with E-state index in [0.717, 1.165) is 21.5 Å². The molecule has 0 aromatic carbocycles. The first-order valence-corrected chi connectivity index (χ1v) is 6.63. The zero-order valence-electron chi connectivity index (χ0n) is 9.17. The zero-order valence-corrected chi connectivity index (χ0v) is 11.3. The van der Waals surface area contributed by atoms with Gasteiger partial charge in [0, 0.05) is 30.5 Å². The summed E-state index contributed by atoms with van der Waals surface area (Å²) in [7, 11) is 0. The van der Waals surface area contributed by atoms with Gasteiger partial charge in [0.1, 0.15) is 6.33 Å². The minimum absolute atomic E-state index is 0.681. The van der Waals surface area contributed by atoms with Gasteiger partial charge in [-0.3, -0.25) is 0 Å². The molecular weight excluding hydrogens is 329 g/mol. The maximum atomic E-state index is 4.31. The van der Waals surface area contributed by atoms with Crippen molar-refractivity contribution in [2.75, 3.05) is 0 Å². The van der Waals surface area contributed by atoms with Crippen molar-refractivity contribution in [1.82, 2.24) is 25.1 Å². The Morgan fingerprint density at radius 1 is 1.41 bits per heavy atom. The molecule has 0 bridgehead atoms. The molecule has 1 N–H and O–H groups in total. The van der Waals surface area contributed by atoms with Crippen LogP contribution in [0.5, 0.6) is 0 Å². The lowest BCUT2D eigenvalue weighted by Crippen LogP contribution is -2.17. The molecule has 88 valence electrons. The highest BCUT2D eigenvalue weighted by molar-refractivity contribution is 14.1. The molecule has 2 heterocycles. The molecule has 0 radical (unpaired) electrons. The third kappa shape index (κ3) is 2.63. The van der Waals surface area contributed by atoms with Crippen molar-refractivity contribution in [2.45, 2.75) is 25.4 Å². The number of rotatable bonds is 4. The molecule has 1 aliphatic rings. The van der Waals surface area contributed by atoms with Crippen LogP contribution in [0.3, 0.4) is 0 Å². The number of hydrogen-bond donors (Lipinski definition) is 1. The molecule has 0 saturated heterocycles. The standard InChI is InChI=1S/C11H12IN5/c12-9-5-16-17(6-9)11-8(3-13-7-15-11)4-14-10-1-2-10/h3,5-7,10,14H,1-2,4H2. The van der Waals surface area contributed by atoms with Crippen molar-refractivity contribution >= 4 is 22.6 Å². The minimum atomic E-state index is 0.681. The summed E-state index contributed by atoms with van der Waals surface area (Å²) in [5, 5.41) is 7.75. The van der Waals surface area contributed by atoms with E-state index in [4.69, 9.17) is 0 Å². The number of nitrogens with zero attached hydrogens (tertiary/aromatic N) is 4. The fourth-order valence-electron chi connectivity index (χ4n) is 1.64. The maximum Gasteiger partial charge on any atom is 0.161 e.